The van der Waals surface area contributed by atoms with Gasteiger partial charge in [-0.15, -0.1) is 0 Å². The maximum atomic E-state index is 13.2. The summed E-state index contributed by atoms with van der Waals surface area (Å²) < 4.78 is 27.7. The first-order chi connectivity index (χ1) is 15.2. The van der Waals surface area contributed by atoms with E-state index in [0.29, 0.717) is 24.3 Å². The van der Waals surface area contributed by atoms with Crippen LogP contribution in [-0.4, -0.2) is 43.7 Å². The number of benzene rings is 2. The second-order valence-corrected chi connectivity index (χ2v) is 10.6. The van der Waals surface area contributed by atoms with E-state index in [0.717, 1.165) is 36.1 Å². The van der Waals surface area contributed by atoms with Crippen LogP contribution in [-0.2, 0) is 26.0 Å². The van der Waals surface area contributed by atoms with Gasteiger partial charge in [0.05, 0.1) is 4.90 Å². The van der Waals surface area contributed by atoms with Gasteiger partial charge in [-0.1, -0.05) is 24.6 Å². The van der Waals surface area contributed by atoms with Crippen LogP contribution in [0.1, 0.15) is 42.9 Å². The minimum Gasteiger partial charge on any atom is -0.324 e. The van der Waals surface area contributed by atoms with Crippen molar-refractivity contribution in [3.8, 4) is 0 Å². The van der Waals surface area contributed by atoms with Crippen molar-refractivity contribution in [2.45, 2.75) is 57.4 Å². The molecule has 4 rings (SSSR count). The molecule has 0 aliphatic carbocycles. The lowest BCUT2D eigenvalue weighted by molar-refractivity contribution is -0.122. The number of fused-ring (bicyclic) bond motifs is 1. The van der Waals surface area contributed by atoms with Crippen LogP contribution >= 0.6 is 0 Å². The summed E-state index contributed by atoms with van der Waals surface area (Å²) in [7, 11) is -3.59. The first-order valence-electron chi connectivity index (χ1n) is 11.0. The number of piperidine rings is 1. The Balaban J connectivity index is 1.63. The van der Waals surface area contributed by atoms with Gasteiger partial charge in [-0.2, -0.15) is 4.31 Å². The highest BCUT2D eigenvalue weighted by molar-refractivity contribution is 7.89. The molecule has 0 bridgehead atoms. The molecule has 1 atom stereocenters. The molecule has 32 heavy (non-hydrogen) atoms. The predicted molar refractivity (Wildman–Crippen MR) is 124 cm³/mol. The Labute approximate surface area is 189 Å². The molecule has 170 valence electrons. The van der Waals surface area contributed by atoms with Crippen molar-refractivity contribution >= 4 is 33.2 Å². The van der Waals surface area contributed by atoms with E-state index >= 15 is 0 Å². The smallest absolute Gasteiger partial charge is 0.247 e. The average molecular weight is 456 g/mol. The molecule has 2 aliphatic rings. The second-order valence-electron chi connectivity index (χ2n) is 8.62. The van der Waals surface area contributed by atoms with Crippen LogP contribution < -0.4 is 10.2 Å². The minimum atomic E-state index is -3.59. The molecule has 2 heterocycles. The Morgan fingerprint density at radius 1 is 1.00 bits per heavy atom. The van der Waals surface area contributed by atoms with Gasteiger partial charge in [0.25, 0.3) is 0 Å². The quantitative estimate of drug-likeness (QED) is 0.766. The van der Waals surface area contributed by atoms with Crippen molar-refractivity contribution < 1.29 is 18.0 Å². The number of hydrogen-bond acceptors (Lipinski definition) is 4. The maximum Gasteiger partial charge on any atom is 0.247 e. The largest absolute Gasteiger partial charge is 0.324 e. The number of rotatable bonds is 4. The zero-order chi connectivity index (χ0) is 23.0. The van der Waals surface area contributed by atoms with Crippen LogP contribution in [0.2, 0.25) is 0 Å². The fourth-order valence-corrected chi connectivity index (χ4v) is 6.23. The van der Waals surface area contributed by atoms with E-state index in [4.69, 9.17) is 0 Å². The lowest BCUT2D eigenvalue weighted by Crippen LogP contribution is -2.44. The zero-order valence-corrected chi connectivity index (χ0v) is 19.5. The van der Waals surface area contributed by atoms with Crippen LogP contribution in [0, 0.1) is 13.8 Å². The van der Waals surface area contributed by atoms with Crippen LogP contribution in [0.5, 0.6) is 0 Å². The number of nitrogens with zero attached hydrogens (tertiary/aromatic N) is 2. The van der Waals surface area contributed by atoms with Crippen molar-refractivity contribution in [1.82, 2.24) is 4.31 Å². The Morgan fingerprint density at radius 2 is 1.66 bits per heavy atom. The first-order valence-corrected chi connectivity index (χ1v) is 12.4. The molecule has 2 aliphatic heterocycles. The van der Waals surface area contributed by atoms with Crippen molar-refractivity contribution in [2.75, 3.05) is 23.3 Å². The monoisotopic (exact) mass is 455 g/mol. The number of carbonyl (C=O) groups is 2. The average Bonchev–Trinajstić information content (AvgIpc) is 3.16. The Morgan fingerprint density at radius 3 is 2.28 bits per heavy atom. The van der Waals surface area contributed by atoms with E-state index in [1.807, 2.05) is 32.0 Å². The number of hydrogen-bond donors (Lipinski definition) is 1. The van der Waals surface area contributed by atoms with Gasteiger partial charge in [0.15, 0.2) is 0 Å². The van der Waals surface area contributed by atoms with Crippen LogP contribution in [0.4, 0.5) is 11.4 Å². The van der Waals surface area contributed by atoms with Gasteiger partial charge in [0, 0.05) is 37.8 Å². The topological polar surface area (TPSA) is 86.8 Å². The van der Waals surface area contributed by atoms with Gasteiger partial charge < -0.3 is 5.32 Å². The summed E-state index contributed by atoms with van der Waals surface area (Å²) in [5, 5.41) is 2.98. The molecule has 2 aromatic carbocycles. The summed E-state index contributed by atoms with van der Waals surface area (Å²) in [6.45, 7) is 6.32. The molecule has 0 unspecified atom stereocenters. The van der Waals surface area contributed by atoms with E-state index in [9.17, 15) is 18.0 Å². The third-order valence-corrected chi connectivity index (χ3v) is 8.25. The molecular formula is C24H29N3O4S. The molecule has 2 amide bonds. The van der Waals surface area contributed by atoms with Gasteiger partial charge in [-0.25, -0.2) is 8.42 Å². The number of nitrogens with one attached hydrogen (secondary N) is 1. The van der Waals surface area contributed by atoms with E-state index < -0.39 is 16.1 Å². The van der Waals surface area contributed by atoms with Gasteiger partial charge in [0.1, 0.15) is 6.04 Å². The van der Waals surface area contributed by atoms with Crippen molar-refractivity contribution in [3.05, 3.63) is 53.1 Å². The van der Waals surface area contributed by atoms with Crippen LogP contribution in [0.25, 0.3) is 0 Å². The summed E-state index contributed by atoms with van der Waals surface area (Å²) in [6, 6.07) is 9.87. The van der Waals surface area contributed by atoms with Gasteiger partial charge in [0.2, 0.25) is 21.8 Å². The summed E-state index contributed by atoms with van der Waals surface area (Å²) in [5.74, 6) is -0.536. The Hall–Kier alpha value is -2.71. The molecule has 1 fully saturated rings. The maximum absolute atomic E-state index is 13.2. The zero-order valence-electron chi connectivity index (χ0n) is 18.7. The molecule has 0 aromatic heterocycles. The van der Waals surface area contributed by atoms with Crippen molar-refractivity contribution in [3.63, 3.8) is 0 Å². The standard InChI is InChI=1S/C24H29N3O4S/c1-16-8-7-9-17(2)23(16)25-24(29)22-15-19-14-20(10-11-21(19)27(22)18(3)28)32(30,31)26-12-5-4-6-13-26/h7-11,14,22H,4-6,12-13,15H2,1-3H3,(H,25,29)/t22-/m1/s1. The molecule has 2 aromatic rings. The number of para-hydroxylation sites is 1. The molecular weight excluding hydrogens is 426 g/mol. The highest BCUT2D eigenvalue weighted by Crippen LogP contribution is 2.36. The van der Waals surface area contributed by atoms with Gasteiger partial charge in [-0.3, -0.25) is 14.5 Å². The van der Waals surface area contributed by atoms with E-state index in [1.54, 1.807) is 18.2 Å². The number of aryl methyl sites for hydroxylation is 2. The normalized spacial score (nSPS) is 19.0. The second kappa shape index (κ2) is 8.67. The number of sulfonamides is 1. The summed E-state index contributed by atoms with van der Waals surface area (Å²) in [4.78, 5) is 27.3. The van der Waals surface area contributed by atoms with Crippen LogP contribution in [0.15, 0.2) is 41.3 Å². The van der Waals surface area contributed by atoms with Gasteiger partial charge in [-0.05, 0) is 61.6 Å². The predicted octanol–water partition coefficient (Wildman–Crippen LogP) is 3.39. The molecule has 0 spiro atoms. The van der Waals surface area contributed by atoms with E-state index in [1.165, 1.54) is 16.1 Å². The van der Waals surface area contributed by atoms with Crippen molar-refractivity contribution in [2.24, 2.45) is 0 Å². The number of carbonyl (C=O) groups excluding carboxylic acids is 2. The number of amides is 2. The molecule has 0 radical (unpaired) electrons. The number of anilines is 2. The fourth-order valence-electron chi connectivity index (χ4n) is 4.66. The molecule has 1 saturated heterocycles. The molecule has 0 saturated carbocycles. The summed E-state index contributed by atoms with van der Waals surface area (Å²) in [5.41, 5.74) is 3.92. The highest BCUT2D eigenvalue weighted by atomic mass is 32.2. The minimum absolute atomic E-state index is 0.220. The summed E-state index contributed by atoms with van der Waals surface area (Å²) in [6.07, 6.45) is 3.04. The lowest BCUT2D eigenvalue weighted by atomic mass is 10.1. The Bertz CT molecular complexity index is 1150. The summed E-state index contributed by atoms with van der Waals surface area (Å²) >= 11 is 0. The first kappa shape index (κ1) is 22.5. The SMILES string of the molecule is CC(=O)N1c2ccc(S(=O)(=O)N3CCCCC3)cc2C[C@@H]1C(=O)Nc1c(C)cccc1C. The third-order valence-electron chi connectivity index (χ3n) is 6.36. The van der Waals surface area contributed by atoms with E-state index in [-0.39, 0.29) is 23.1 Å². The molecule has 1 N–H and O–H groups in total. The van der Waals surface area contributed by atoms with Crippen molar-refractivity contribution in [1.29, 1.82) is 0 Å². The van der Waals surface area contributed by atoms with Gasteiger partial charge >= 0.3 is 0 Å². The Kier molecular flexibility index (Phi) is 6.09. The molecule has 8 heteroatoms. The fraction of sp³-hybridized carbons (Fsp3) is 0.417. The van der Waals surface area contributed by atoms with E-state index in [2.05, 4.69) is 5.32 Å². The third kappa shape index (κ3) is 4.04. The molecule has 7 nitrogen and oxygen atoms in total. The lowest BCUT2D eigenvalue weighted by Gasteiger charge is -2.26. The van der Waals surface area contributed by atoms with Crippen LogP contribution in [0.3, 0.4) is 0 Å². The highest BCUT2D eigenvalue weighted by Gasteiger charge is 2.38.